The van der Waals surface area contributed by atoms with Crippen LogP contribution in [-0.2, 0) is 19.7 Å². The number of ether oxygens (including phenoxy) is 1. The molecule has 2 amide bonds. The molecule has 2 N–H and O–H groups in total. The average molecular weight is 477 g/mol. The maximum Gasteiger partial charge on any atom is 0.304 e. The maximum atomic E-state index is 13.0. The molecule has 0 saturated heterocycles. The molecule has 2 aromatic carbocycles. The molecule has 0 aliphatic carbocycles. The van der Waals surface area contributed by atoms with Crippen LogP contribution in [0.3, 0.4) is 0 Å². The molecule has 0 bridgehead atoms. The summed E-state index contributed by atoms with van der Waals surface area (Å²) in [5, 5.41) is 5.47. The summed E-state index contributed by atoms with van der Waals surface area (Å²) >= 11 is 0. The largest absolute Gasteiger partial charge is 0.385 e. The van der Waals surface area contributed by atoms with E-state index in [1.54, 1.807) is 44.4 Å². The predicted molar refractivity (Wildman–Crippen MR) is 130 cm³/mol. The zero-order valence-electron chi connectivity index (χ0n) is 19.7. The van der Waals surface area contributed by atoms with Gasteiger partial charge in [-0.15, -0.1) is 0 Å². The highest BCUT2D eigenvalue weighted by Gasteiger charge is 2.29. The lowest BCUT2D eigenvalue weighted by Gasteiger charge is -2.28. The first kappa shape index (κ1) is 26.3. The van der Waals surface area contributed by atoms with E-state index in [1.165, 1.54) is 14.1 Å². The smallest absolute Gasteiger partial charge is 0.304 e. The minimum absolute atomic E-state index is 0.289. The van der Waals surface area contributed by atoms with Crippen LogP contribution >= 0.6 is 0 Å². The van der Waals surface area contributed by atoms with Crippen LogP contribution < -0.4 is 14.9 Å². The van der Waals surface area contributed by atoms with E-state index >= 15 is 0 Å². The van der Waals surface area contributed by atoms with E-state index in [4.69, 9.17) is 4.74 Å². The Morgan fingerprint density at radius 3 is 2.42 bits per heavy atom. The molecule has 0 aliphatic rings. The van der Waals surface area contributed by atoms with Crippen molar-refractivity contribution < 1.29 is 22.7 Å². The van der Waals surface area contributed by atoms with E-state index in [-0.39, 0.29) is 11.5 Å². The molecule has 2 aromatic rings. The van der Waals surface area contributed by atoms with Crippen LogP contribution in [0.4, 0.5) is 11.4 Å². The summed E-state index contributed by atoms with van der Waals surface area (Å²) in [5.41, 5.74) is 2.59. The molecule has 10 heteroatoms. The van der Waals surface area contributed by atoms with Gasteiger partial charge in [-0.1, -0.05) is 24.3 Å². The third-order valence-corrected chi connectivity index (χ3v) is 6.72. The quantitative estimate of drug-likeness (QED) is 0.484. The number of amides is 2. The van der Waals surface area contributed by atoms with Gasteiger partial charge in [-0.25, -0.2) is 4.31 Å². The number of para-hydroxylation sites is 1. The summed E-state index contributed by atoms with van der Waals surface area (Å²) in [5.74, 6) is -0.907. The number of methoxy groups -OCH3 is 1. The van der Waals surface area contributed by atoms with Gasteiger partial charge in [0.25, 0.3) is 5.91 Å². The topological polar surface area (TPSA) is 108 Å². The van der Waals surface area contributed by atoms with Gasteiger partial charge in [-0.2, -0.15) is 12.7 Å². The zero-order chi connectivity index (χ0) is 24.6. The molecule has 33 heavy (non-hydrogen) atoms. The normalized spacial score (nSPS) is 11.3. The number of aryl methyl sites for hydroxylation is 2. The molecule has 0 spiro atoms. The number of carbonyl (C=O) groups excluding carboxylic acids is 2. The van der Waals surface area contributed by atoms with Crippen LogP contribution in [0, 0.1) is 13.8 Å². The summed E-state index contributed by atoms with van der Waals surface area (Å²) in [6, 6.07) is 12.0. The lowest BCUT2D eigenvalue weighted by Crippen LogP contribution is -2.44. The van der Waals surface area contributed by atoms with Gasteiger partial charge in [0, 0.05) is 34.4 Å². The molecule has 0 atom stereocenters. The maximum absolute atomic E-state index is 13.0. The molecule has 0 fully saturated rings. The fraction of sp³-hybridized carbons (Fsp3) is 0.391. The van der Waals surface area contributed by atoms with Gasteiger partial charge in [0.05, 0.1) is 16.9 Å². The second kappa shape index (κ2) is 11.8. The van der Waals surface area contributed by atoms with E-state index in [9.17, 15) is 18.0 Å². The first-order chi connectivity index (χ1) is 15.6. The molecule has 0 unspecified atom stereocenters. The van der Waals surface area contributed by atoms with E-state index in [2.05, 4.69) is 10.6 Å². The average Bonchev–Trinajstić information content (AvgIpc) is 2.77. The van der Waals surface area contributed by atoms with Gasteiger partial charge in [0.1, 0.15) is 6.54 Å². The Hall–Kier alpha value is -2.95. The number of hydrogen-bond donors (Lipinski definition) is 2. The van der Waals surface area contributed by atoms with Gasteiger partial charge in [-0.05, 0) is 49.6 Å². The summed E-state index contributed by atoms with van der Waals surface area (Å²) in [6.07, 6.45) is 0.657. The second-order valence-corrected chi connectivity index (χ2v) is 9.85. The standard InChI is InChI=1S/C23H32N4O5S/c1-17-11-12-18(2)21(15-17)27(33(30,31)26(3)4)16-22(28)25-20-10-7-6-9-19(20)23(29)24-13-8-14-32-5/h6-7,9-12,15H,8,13-14,16H2,1-5H3,(H,24,29)(H,25,28). The summed E-state index contributed by atoms with van der Waals surface area (Å²) in [4.78, 5) is 25.5. The third-order valence-electron chi connectivity index (χ3n) is 4.92. The third kappa shape index (κ3) is 7.01. The van der Waals surface area contributed by atoms with Crippen LogP contribution in [0.2, 0.25) is 0 Å². The number of nitrogens with one attached hydrogen (secondary N) is 2. The van der Waals surface area contributed by atoms with Crippen molar-refractivity contribution in [1.29, 1.82) is 0 Å². The number of benzene rings is 2. The first-order valence-electron chi connectivity index (χ1n) is 10.5. The molecule has 9 nitrogen and oxygen atoms in total. The molecule has 0 saturated carbocycles. The van der Waals surface area contributed by atoms with Crippen molar-refractivity contribution in [2.45, 2.75) is 20.3 Å². The fourth-order valence-electron chi connectivity index (χ4n) is 3.10. The van der Waals surface area contributed by atoms with Crippen molar-refractivity contribution in [3.8, 4) is 0 Å². The number of carbonyl (C=O) groups is 2. The molecule has 180 valence electrons. The van der Waals surface area contributed by atoms with E-state index < -0.39 is 22.7 Å². The highest BCUT2D eigenvalue weighted by atomic mass is 32.2. The molecule has 0 aliphatic heterocycles. The Bertz CT molecular complexity index is 1090. The van der Waals surface area contributed by atoms with Crippen molar-refractivity contribution in [1.82, 2.24) is 9.62 Å². The van der Waals surface area contributed by atoms with Gasteiger partial charge in [0.15, 0.2) is 0 Å². The number of rotatable bonds is 11. The van der Waals surface area contributed by atoms with Crippen LogP contribution in [0.1, 0.15) is 27.9 Å². The second-order valence-electron chi connectivity index (χ2n) is 7.78. The van der Waals surface area contributed by atoms with Crippen LogP contribution in [0.15, 0.2) is 42.5 Å². The van der Waals surface area contributed by atoms with E-state index in [0.717, 1.165) is 19.7 Å². The van der Waals surface area contributed by atoms with Gasteiger partial charge >= 0.3 is 10.2 Å². The number of nitrogens with zero attached hydrogens (tertiary/aromatic N) is 2. The molecule has 0 heterocycles. The van der Waals surface area contributed by atoms with Crippen LogP contribution in [-0.4, -0.2) is 65.4 Å². The van der Waals surface area contributed by atoms with E-state index in [1.807, 2.05) is 19.1 Å². The summed E-state index contributed by atoms with van der Waals surface area (Å²) in [6.45, 7) is 4.14. The summed E-state index contributed by atoms with van der Waals surface area (Å²) in [7, 11) is 0.463. The Balaban J connectivity index is 2.27. The Morgan fingerprint density at radius 2 is 1.76 bits per heavy atom. The minimum atomic E-state index is -3.95. The highest BCUT2D eigenvalue weighted by Crippen LogP contribution is 2.25. The minimum Gasteiger partial charge on any atom is -0.385 e. The van der Waals surface area contributed by atoms with Crippen molar-refractivity contribution in [2.24, 2.45) is 0 Å². The number of hydrogen-bond acceptors (Lipinski definition) is 5. The lowest BCUT2D eigenvalue weighted by molar-refractivity contribution is -0.114. The van der Waals surface area contributed by atoms with Crippen molar-refractivity contribution in [3.63, 3.8) is 0 Å². The fourth-order valence-corrected chi connectivity index (χ4v) is 4.22. The Labute approximate surface area is 195 Å². The first-order valence-corrected chi connectivity index (χ1v) is 11.9. The van der Waals surface area contributed by atoms with Gasteiger partial charge < -0.3 is 15.4 Å². The molecule has 0 radical (unpaired) electrons. The molecule has 2 rings (SSSR count). The van der Waals surface area contributed by atoms with Crippen molar-refractivity contribution in [2.75, 3.05) is 50.5 Å². The lowest BCUT2D eigenvalue weighted by atomic mass is 10.1. The van der Waals surface area contributed by atoms with Gasteiger partial charge in [0.2, 0.25) is 5.91 Å². The molecular weight excluding hydrogens is 444 g/mol. The predicted octanol–water partition coefficient (Wildman–Crippen LogP) is 2.32. The SMILES string of the molecule is COCCCNC(=O)c1ccccc1NC(=O)CN(c1cc(C)ccc1C)S(=O)(=O)N(C)C. The molecular formula is C23H32N4O5S. The van der Waals surface area contributed by atoms with Crippen LogP contribution in [0.25, 0.3) is 0 Å². The van der Waals surface area contributed by atoms with Crippen molar-refractivity contribution in [3.05, 3.63) is 59.2 Å². The zero-order valence-corrected chi connectivity index (χ0v) is 20.5. The summed E-state index contributed by atoms with van der Waals surface area (Å²) < 4.78 is 33.2. The van der Waals surface area contributed by atoms with Gasteiger partial charge in [-0.3, -0.25) is 9.59 Å². The Kier molecular flexibility index (Phi) is 9.39. The van der Waals surface area contributed by atoms with Crippen LogP contribution in [0.5, 0.6) is 0 Å². The molecule has 0 aromatic heterocycles. The number of anilines is 2. The highest BCUT2D eigenvalue weighted by molar-refractivity contribution is 7.90. The van der Waals surface area contributed by atoms with Crippen molar-refractivity contribution >= 4 is 33.4 Å². The monoisotopic (exact) mass is 476 g/mol. The Morgan fingerprint density at radius 1 is 1.06 bits per heavy atom. The van der Waals surface area contributed by atoms with E-state index in [0.29, 0.717) is 30.9 Å².